The van der Waals surface area contributed by atoms with Crippen LogP contribution in [0.1, 0.15) is 28.8 Å². The van der Waals surface area contributed by atoms with E-state index in [0.29, 0.717) is 29.9 Å². The van der Waals surface area contributed by atoms with Crippen LogP contribution in [-0.2, 0) is 14.6 Å². The van der Waals surface area contributed by atoms with Gasteiger partial charge in [0.25, 0.3) is 0 Å². The van der Waals surface area contributed by atoms with Crippen molar-refractivity contribution in [1.82, 2.24) is 5.32 Å². The Hall–Kier alpha value is -2.22. The molecule has 0 unspecified atom stereocenters. The van der Waals surface area contributed by atoms with Crippen LogP contribution in [0.4, 0.5) is 5.69 Å². The summed E-state index contributed by atoms with van der Waals surface area (Å²) in [4.78, 5) is 25.5. The van der Waals surface area contributed by atoms with Crippen molar-refractivity contribution < 1.29 is 18.0 Å². The molecule has 0 saturated carbocycles. The number of sulfone groups is 1. The van der Waals surface area contributed by atoms with E-state index in [2.05, 4.69) is 10.6 Å². The average molecular weight is 423 g/mol. The van der Waals surface area contributed by atoms with E-state index < -0.39 is 20.5 Å². The Balaban J connectivity index is 0.00000280. The van der Waals surface area contributed by atoms with Gasteiger partial charge in [-0.25, -0.2) is 8.42 Å². The minimum atomic E-state index is -3.60. The van der Waals surface area contributed by atoms with E-state index in [1.54, 1.807) is 48.5 Å². The molecule has 3 rings (SSSR count). The zero-order valence-electron chi connectivity index (χ0n) is 15.5. The fourth-order valence-electron chi connectivity index (χ4n) is 3.34. The number of amides is 1. The molecule has 6 nitrogen and oxygen atoms in total. The van der Waals surface area contributed by atoms with Crippen LogP contribution >= 0.6 is 12.4 Å². The Kier molecular flexibility index (Phi) is 6.98. The van der Waals surface area contributed by atoms with Crippen molar-refractivity contribution in [3.63, 3.8) is 0 Å². The molecule has 0 radical (unpaired) electrons. The molecule has 0 aliphatic carbocycles. The second-order valence-electron chi connectivity index (χ2n) is 6.75. The lowest BCUT2D eigenvalue weighted by Gasteiger charge is -2.34. The van der Waals surface area contributed by atoms with Crippen molar-refractivity contribution in [3.05, 3.63) is 65.7 Å². The van der Waals surface area contributed by atoms with Crippen LogP contribution in [0.3, 0.4) is 0 Å². The van der Waals surface area contributed by atoms with Crippen molar-refractivity contribution in [2.45, 2.75) is 17.6 Å². The van der Waals surface area contributed by atoms with E-state index in [1.807, 2.05) is 6.07 Å². The number of benzene rings is 2. The minimum absolute atomic E-state index is 0. The summed E-state index contributed by atoms with van der Waals surface area (Å²) in [6, 6.07) is 15.4. The fourth-order valence-corrected chi connectivity index (χ4v) is 4.67. The largest absolute Gasteiger partial charge is 0.325 e. The number of halogens is 1. The Labute approximate surface area is 171 Å². The molecule has 2 N–H and O–H groups in total. The maximum atomic E-state index is 12.9. The van der Waals surface area contributed by atoms with Crippen molar-refractivity contribution >= 4 is 39.6 Å². The summed E-state index contributed by atoms with van der Waals surface area (Å²) in [5.41, 5.74) is 1.38. The molecular formula is C20H23ClN2O4S. The number of ketones is 1. The first-order chi connectivity index (χ1) is 12.8. The molecule has 2 aromatic rings. The van der Waals surface area contributed by atoms with Gasteiger partial charge < -0.3 is 10.6 Å². The molecule has 1 saturated heterocycles. The van der Waals surface area contributed by atoms with Crippen molar-refractivity contribution in [3.8, 4) is 0 Å². The van der Waals surface area contributed by atoms with Gasteiger partial charge in [-0.05, 0) is 38.1 Å². The summed E-state index contributed by atoms with van der Waals surface area (Å²) in [5, 5.41) is 5.79. The highest BCUT2D eigenvalue weighted by Gasteiger charge is 2.48. The first-order valence-corrected chi connectivity index (χ1v) is 10.6. The second kappa shape index (κ2) is 8.86. The van der Waals surface area contributed by atoms with E-state index in [0.717, 1.165) is 6.26 Å². The van der Waals surface area contributed by atoms with Gasteiger partial charge in [0.05, 0.1) is 0 Å². The molecule has 2 aromatic carbocycles. The standard InChI is InChI=1S/C20H22N2O4S.ClH/c1-27(25,26)20(10-12-21-13-11-20)19(24)22-17-9-5-8-16(14-17)18(23)15-6-3-2-4-7-15;/h2-9,14,21H,10-13H2,1H3,(H,22,24);1H. The lowest BCUT2D eigenvalue weighted by Crippen LogP contribution is -2.55. The third-order valence-electron chi connectivity index (χ3n) is 4.95. The molecule has 0 bridgehead atoms. The zero-order chi connectivity index (χ0) is 19.5. The fraction of sp³-hybridized carbons (Fsp3) is 0.300. The number of rotatable bonds is 5. The number of anilines is 1. The molecule has 28 heavy (non-hydrogen) atoms. The van der Waals surface area contributed by atoms with Crippen molar-refractivity contribution in [2.24, 2.45) is 0 Å². The highest BCUT2D eigenvalue weighted by Crippen LogP contribution is 2.29. The summed E-state index contributed by atoms with van der Waals surface area (Å²) in [7, 11) is -3.60. The smallest absolute Gasteiger partial charge is 0.245 e. The summed E-state index contributed by atoms with van der Waals surface area (Å²) >= 11 is 0. The number of piperidine rings is 1. The monoisotopic (exact) mass is 422 g/mol. The normalized spacial score (nSPS) is 15.9. The third-order valence-corrected chi connectivity index (χ3v) is 6.97. The first kappa shape index (κ1) is 22.1. The molecule has 0 atom stereocenters. The van der Waals surface area contributed by atoms with Gasteiger partial charge in [0.15, 0.2) is 20.4 Å². The maximum absolute atomic E-state index is 12.9. The highest BCUT2D eigenvalue weighted by atomic mass is 35.5. The number of hydrogen-bond acceptors (Lipinski definition) is 5. The minimum Gasteiger partial charge on any atom is -0.325 e. The quantitative estimate of drug-likeness (QED) is 0.722. The van der Waals surface area contributed by atoms with E-state index in [-0.39, 0.29) is 31.0 Å². The molecule has 1 aliphatic heterocycles. The van der Waals surface area contributed by atoms with Gasteiger partial charge in [-0.1, -0.05) is 42.5 Å². The molecule has 1 fully saturated rings. The number of hydrogen-bond donors (Lipinski definition) is 2. The van der Waals surface area contributed by atoms with Gasteiger partial charge in [0.2, 0.25) is 5.91 Å². The summed E-state index contributed by atoms with van der Waals surface area (Å²) < 4.78 is 23.3. The Morgan fingerprint density at radius 2 is 1.57 bits per heavy atom. The average Bonchev–Trinajstić information content (AvgIpc) is 2.68. The van der Waals surface area contributed by atoms with Gasteiger partial charge >= 0.3 is 0 Å². The Morgan fingerprint density at radius 3 is 2.18 bits per heavy atom. The van der Waals surface area contributed by atoms with Crippen LogP contribution in [0, 0.1) is 0 Å². The number of carbonyl (C=O) groups excluding carboxylic acids is 2. The van der Waals surface area contributed by atoms with Crippen LogP contribution in [0.5, 0.6) is 0 Å². The van der Waals surface area contributed by atoms with Crippen LogP contribution in [0.25, 0.3) is 0 Å². The van der Waals surface area contributed by atoms with Crippen LogP contribution < -0.4 is 10.6 Å². The SMILES string of the molecule is CS(=O)(=O)C1(C(=O)Nc2cccc(C(=O)c3ccccc3)c2)CCNCC1.Cl. The van der Waals surface area contributed by atoms with Crippen molar-refractivity contribution in [1.29, 1.82) is 0 Å². The third kappa shape index (κ3) is 4.43. The van der Waals surface area contributed by atoms with E-state index >= 15 is 0 Å². The van der Waals surface area contributed by atoms with E-state index in [4.69, 9.17) is 0 Å². The molecule has 0 aromatic heterocycles. The Bertz CT molecular complexity index is 955. The lowest BCUT2D eigenvalue weighted by atomic mass is 9.95. The Morgan fingerprint density at radius 1 is 0.964 bits per heavy atom. The number of carbonyl (C=O) groups is 2. The van der Waals surface area contributed by atoms with Crippen LogP contribution in [0.15, 0.2) is 54.6 Å². The molecule has 0 spiro atoms. The molecular weight excluding hydrogens is 400 g/mol. The topological polar surface area (TPSA) is 92.3 Å². The highest BCUT2D eigenvalue weighted by molar-refractivity contribution is 7.92. The lowest BCUT2D eigenvalue weighted by molar-refractivity contribution is -0.119. The molecule has 1 heterocycles. The summed E-state index contributed by atoms with van der Waals surface area (Å²) in [5.74, 6) is -0.706. The van der Waals surface area contributed by atoms with E-state index in [9.17, 15) is 18.0 Å². The van der Waals surface area contributed by atoms with Gasteiger partial charge in [0, 0.05) is 23.1 Å². The summed E-state index contributed by atoms with van der Waals surface area (Å²) in [6.45, 7) is 0.931. The molecule has 8 heteroatoms. The molecule has 1 amide bonds. The second-order valence-corrected chi connectivity index (χ2v) is 9.07. The van der Waals surface area contributed by atoms with Gasteiger partial charge in [-0.3, -0.25) is 9.59 Å². The van der Waals surface area contributed by atoms with Crippen LogP contribution in [0.2, 0.25) is 0 Å². The maximum Gasteiger partial charge on any atom is 0.245 e. The molecule has 1 aliphatic rings. The first-order valence-electron chi connectivity index (χ1n) is 8.75. The van der Waals surface area contributed by atoms with Crippen molar-refractivity contribution in [2.75, 3.05) is 24.7 Å². The van der Waals surface area contributed by atoms with Gasteiger partial charge in [-0.15, -0.1) is 12.4 Å². The van der Waals surface area contributed by atoms with E-state index in [1.165, 1.54) is 0 Å². The van der Waals surface area contributed by atoms with Gasteiger partial charge in [0.1, 0.15) is 0 Å². The summed E-state index contributed by atoms with van der Waals surface area (Å²) in [6.07, 6.45) is 1.55. The predicted molar refractivity (Wildman–Crippen MR) is 112 cm³/mol. The van der Waals surface area contributed by atoms with Crippen LogP contribution in [-0.4, -0.2) is 44.2 Å². The number of nitrogens with one attached hydrogen (secondary N) is 2. The van der Waals surface area contributed by atoms with Gasteiger partial charge in [-0.2, -0.15) is 0 Å². The predicted octanol–water partition coefficient (Wildman–Crippen LogP) is 2.44. The zero-order valence-corrected chi connectivity index (χ0v) is 17.1. The molecule has 150 valence electrons.